The number of esters is 1. The number of carbonyl (C=O) groups is 4. The maximum atomic E-state index is 14.5. The normalized spacial score (nSPS) is 28.7. The van der Waals surface area contributed by atoms with Crippen LogP contribution < -0.4 is 9.80 Å². The van der Waals surface area contributed by atoms with Crippen LogP contribution >= 0.6 is 0 Å². The number of ether oxygens (including phenoxy) is 3. The third-order valence-corrected chi connectivity index (χ3v) is 12.1. The minimum atomic E-state index is -3.00. The molecule has 0 aliphatic carbocycles. The van der Waals surface area contributed by atoms with Crippen molar-refractivity contribution in [3.05, 3.63) is 23.8 Å². The Morgan fingerprint density at radius 3 is 2.60 bits per heavy atom. The van der Waals surface area contributed by atoms with Crippen LogP contribution in [0, 0.1) is 5.92 Å². The number of cyclic esters (lactones) is 1. The number of carbonyl (C=O) groups excluding carboxylic acids is 4. The van der Waals surface area contributed by atoms with Crippen LogP contribution in [0.25, 0.3) is 0 Å². The predicted molar refractivity (Wildman–Crippen MR) is 159 cm³/mol. The molecule has 236 valence electrons. The van der Waals surface area contributed by atoms with Gasteiger partial charge in [0.05, 0.1) is 44.5 Å². The molecule has 1 aromatic carbocycles. The second-order valence-electron chi connectivity index (χ2n) is 12.6. The summed E-state index contributed by atoms with van der Waals surface area (Å²) in [4.78, 5) is 68.6. The number of fused-ring (bicyclic) bond motifs is 2. The number of hydrogen-bond donors (Lipinski definition) is 2. The fraction of sp³-hybridized carbons (Fsp3) is 0.667. The number of unbranched alkanes of at least 4 members (excludes halogenated alkanes) is 1. The number of benzene rings is 1. The first-order valence-electron chi connectivity index (χ1n) is 15.2. The van der Waals surface area contributed by atoms with E-state index in [1.165, 1.54) is 12.0 Å². The maximum absolute atomic E-state index is 14.5. The van der Waals surface area contributed by atoms with Gasteiger partial charge in [-0.25, -0.2) is 4.79 Å². The van der Waals surface area contributed by atoms with Gasteiger partial charge in [-0.1, -0.05) is 6.92 Å². The molecular weight excluding hydrogens is 574 g/mol. The number of amides is 3. The topological polar surface area (TPSA) is 146 Å². The lowest BCUT2D eigenvalue weighted by atomic mass is 9.82. The van der Waals surface area contributed by atoms with Gasteiger partial charge in [0.25, 0.3) is 5.91 Å². The summed E-state index contributed by atoms with van der Waals surface area (Å²) in [6.45, 7) is 6.95. The molecule has 3 saturated heterocycles. The molecule has 13 heteroatoms. The Bertz CT molecular complexity index is 1270. The molecule has 5 rings (SSSR count). The Hall–Kier alpha value is -3.00. The van der Waals surface area contributed by atoms with Crippen LogP contribution in [0.3, 0.4) is 0 Å². The number of aliphatic hydroxyl groups excluding tert-OH is 1. The second kappa shape index (κ2) is 12.2. The Morgan fingerprint density at radius 1 is 1.19 bits per heavy atom. The Morgan fingerprint density at radius 2 is 1.95 bits per heavy atom. The van der Waals surface area contributed by atoms with E-state index >= 15 is 0 Å². The molecule has 3 fully saturated rings. The van der Waals surface area contributed by atoms with E-state index in [0.29, 0.717) is 49.4 Å². The number of hydrogen-bond acceptors (Lipinski definition) is 9. The largest absolute Gasteiger partial charge is 0.469 e. The minimum absolute atomic E-state index is 0.00979. The molecule has 12 nitrogen and oxygen atoms in total. The van der Waals surface area contributed by atoms with Crippen molar-refractivity contribution < 1.29 is 43.3 Å². The number of likely N-dealkylation sites (tertiary alicyclic amines) is 1. The van der Waals surface area contributed by atoms with Gasteiger partial charge in [-0.15, -0.1) is 0 Å². The molecule has 5 atom stereocenters. The third-order valence-electron chi connectivity index (χ3n) is 9.56. The van der Waals surface area contributed by atoms with E-state index < -0.39 is 37.6 Å². The molecule has 1 aromatic rings. The van der Waals surface area contributed by atoms with Crippen molar-refractivity contribution in [3.8, 4) is 0 Å². The molecule has 0 aromatic heterocycles. The quantitative estimate of drug-likeness (QED) is 0.230. The average molecular weight is 618 g/mol. The molecule has 0 saturated carbocycles. The van der Waals surface area contributed by atoms with E-state index in [1.54, 1.807) is 21.9 Å². The summed E-state index contributed by atoms with van der Waals surface area (Å²) in [6.07, 6.45) is 1.67. The molecule has 2 N–H and O–H groups in total. The highest BCUT2D eigenvalue weighted by Gasteiger charge is 2.66. The molecule has 3 amide bonds. The van der Waals surface area contributed by atoms with Crippen molar-refractivity contribution in [3.63, 3.8) is 0 Å². The van der Waals surface area contributed by atoms with Gasteiger partial charge in [0, 0.05) is 42.2 Å². The SMILES string of the molecule is COC(=O)CCCCN1C(=O)[C@]2(O[C@H](CC(=O)N3CCC[C@H]3CO)[C@@H]([Si](C)(C)O)[C@@H]2C)c2cc(N3CCOC3=O)ccc21. The summed E-state index contributed by atoms with van der Waals surface area (Å²) >= 11 is 0. The number of methoxy groups -OCH3 is 1. The number of rotatable bonds is 10. The maximum Gasteiger partial charge on any atom is 0.414 e. The van der Waals surface area contributed by atoms with Crippen molar-refractivity contribution in [2.45, 2.75) is 81.8 Å². The van der Waals surface area contributed by atoms with Gasteiger partial charge < -0.3 is 33.9 Å². The monoisotopic (exact) mass is 617 g/mol. The van der Waals surface area contributed by atoms with E-state index in [4.69, 9.17) is 14.2 Å². The summed E-state index contributed by atoms with van der Waals surface area (Å²) < 4.78 is 16.7. The van der Waals surface area contributed by atoms with Gasteiger partial charge in [0.15, 0.2) is 13.9 Å². The summed E-state index contributed by atoms with van der Waals surface area (Å²) in [5.41, 5.74) is -0.0854. The molecule has 0 unspecified atom stereocenters. The van der Waals surface area contributed by atoms with E-state index in [2.05, 4.69) is 0 Å². The molecule has 0 radical (unpaired) electrons. The van der Waals surface area contributed by atoms with Crippen LogP contribution in [-0.2, 0) is 34.2 Å². The Balaban J connectivity index is 1.52. The molecular formula is C30H43N3O9Si. The van der Waals surface area contributed by atoms with Crippen LogP contribution in [0.1, 0.15) is 51.0 Å². The first-order chi connectivity index (χ1) is 20.4. The summed E-state index contributed by atoms with van der Waals surface area (Å²) in [7, 11) is -1.66. The van der Waals surface area contributed by atoms with Crippen LogP contribution in [0.5, 0.6) is 0 Å². The minimum Gasteiger partial charge on any atom is -0.469 e. The number of nitrogens with zero attached hydrogens (tertiary/aromatic N) is 3. The summed E-state index contributed by atoms with van der Waals surface area (Å²) in [6, 6.07) is 5.16. The predicted octanol–water partition coefficient (Wildman–Crippen LogP) is 2.50. The van der Waals surface area contributed by atoms with Crippen molar-refractivity contribution in [1.29, 1.82) is 0 Å². The zero-order valence-corrected chi connectivity index (χ0v) is 26.4. The fourth-order valence-electron chi connectivity index (χ4n) is 7.57. The van der Waals surface area contributed by atoms with Gasteiger partial charge in [0.1, 0.15) is 6.61 Å². The van der Waals surface area contributed by atoms with Crippen LogP contribution in [0.15, 0.2) is 18.2 Å². The summed E-state index contributed by atoms with van der Waals surface area (Å²) in [5.74, 6) is -1.22. The van der Waals surface area contributed by atoms with Gasteiger partial charge in [0.2, 0.25) is 5.91 Å². The van der Waals surface area contributed by atoms with Gasteiger partial charge in [-0.3, -0.25) is 19.3 Å². The zero-order valence-electron chi connectivity index (χ0n) is 25.4. The van der Waals surface area contributed by atoms with Gasteiger partial charge in [-0.05, 0) is 57.0 Å². The number of aliphatic hydroxyl groups is 1. The highest BCUT2D eigenvalue weighted by Crippen LogP contribution is 2.60. The van der Waals surface area contributed by atoms with Gasteiger partial charge in [-0.2, -0.15) is 0 Å². The lowest BCUT2D eigenvalue weighted by molar-refractivity contribution is -0.150. The molecule has 4 aliphatic rings. The van der Waals surface area contributed by atoms with Crippen molar-refractivity contribution in [2.24, 2.45) is 5.92 Å². The molecule has 4 heterocycles. The molecule has 4 aliphatic heterocycles. The third kappa shape index (κ3) is 5.56. The van der Waals surface area contributed by atoms with Crippen molar-refractivity contribution >= 4 is 43.6 Å². The smallest absolute Gasteiger partial charge is 0.414 e. The Kier molecular flexibility index (Phi) is 8.90. The zero-order chi connectivity index (χ0) is 31.1. The Labute approximate surface area is 253 Å². The second-order valence-corrected chi connectivity index (χ2v) is 16.6. The van der Waals surface area contributed by atoms with E-state index in [0.717, 1.165) is 12.8 Å². The van der Waals surface area contributed by atoms with E-state index in [9.17, 15) is 29.1 Å². The molecule has 1 spiro atoms. The molecule has 43 heavy (non-hydrogen) atoms. The fourth-order valence-corrected chi connectivity index (χ4v) is 10.1. The summed E-state index contributed by atoms with van der Waals surface area (Å²) in [5, 5.41) is 9.81. The first-order valence-corrected chi connectivity index (χ1v) is 18.2. The van der Waals surface area contributed by atoms with Crippen LogP contribution in [0.2, 0.25) is 18.6 Å². The standard InChI is InChI=1S/C30H43N3O9Si/c1-19-27(43(3,4)39)24(17-25(35)31-13-7-8-21(31)18-34)42-30(19)22-16-20(32-14-15-41-29(32)38)10-11-23(22)33(28(30)37)12-6-5-9-26(36)40-2/h10-11,16,19,21,24,27,34,39H,5-9,12-15,17-18H2,1-4H3/t19-,21-,24+,27-,30+/m0/s1. The highest BCUT2D eigenvalue weighted by molar-refractivity contribution is 6.71. The first kappa shape index (κ1) is 31.4. The van der Waals surface area contributed by atoms with Crippen molar-refractivity contribution in [2.75, 3.05) is 49.8 Å². The van der Waals surface area contributed by atoms with E-state index in [-0.39, 0.29) is 49.9 Å². The number of anilines is 2. The van der Waals surface area contributed by atoms with Gasteiger partial charge >= 0.3 is 12.1 Å². The lowest BCUT2D eigenvalue weighted by Crippen LogP contribution is -2.46. The molecule has 0 bridgehead atoms. The van der Waals surface area contributed by atoms with Crippen molar-refractivity contribution in [1.82, 2.24) is 4.90 Å². The van der Waals surface area contributed by atoms with Crippen LogP contribution in [0.4, 0.5) is 16.2 Å². The lowest BCUT2D eigenvalue weighted by Gasteiger charge is -2.33. The van der Waals surface area contributed by atoms with Crippen LogP contribution in [-0.4, -0.2) is 99.1 Å². The highest BCUT2D eigenvalue weighted by atomic mass is 28.4. The van der Waals surface area contributed by atoms with E-state index in [1.807, 2.05) is 26.1 Å². The average Bonchev–Trinajstić information content (AvgIpc) is 3.73.